The zero-order valence-corrected chi connectivity index (χ0v) is 26.3. The molecule has 0 atom stereocenters. The first-order valence-electron chi connectivity index (χ1n) is 16.8. The second-order valence-electron chi connectivity index (χ2n) is 13.2. The van der Waals surface area contributed by atoms with Gasteiger partial charge in [0, 0.05) is 60.7 Å². The molecule has 12 aromatic rings. The number of aromatic nitrogens is 4. The monoisotopic (exact) mass is 622 g/mol. The number of nitrogens with zero attached hydrogens (tertiary/aromatic N) is 4. The molecular weight excluding hydrogens is 597 g/mol. The molecule has 5 heterocycles. The number of hydrogen-bond acceptors (Lipinski definition) is 1. The fraction of sp³-hybridized carbons (Fsp3) is 0. The molecule has 0 saturated carbocycles. The number of benzene rings is 7. The highest BCUT2D eigenvalue weighted by atomic mass is 15.1. The topological polar surface area (TPSA) is 27.2 Å². The van der Waals surface area contributed by atoms with Crippen LogP contribution in [0.25, 0.3) is 104 Å². The summed E-state index contributed by atoms with van der Waals surface area (Å²) >= 11 is 0. The van der Waals surface area contributed by atoms with Gasteiger partial charge in [0.05, 0.1) is 33.1 Å². The van der Waals surface area contributed by atoms with Crippen LogP contribution in [0.3, 0.4) is 0 Å². The summed E-state index contributed by atoms with van der Waals surface area (Å²) in [6, 6.07) is 55.5. The SMILES string of the molecule is c1ccc(-n2c3cc(-n4c5cc6ccccc6cc5c5c6c7ccccc7n7c8ccccc8c(cc54)c67)ccc3c3cccnc32)cc1. The highest BCUT2D eigenvalue weighted by Crippen LogP contribution is 2.47. The Morgan fingerprint density at radius 1 is 0.367 bits per heavy atom. The van der Waals surface area contributed by atoms with Crippen molar-refractivity contribution in [2.75, 3.05) is 0 Å². The quantitative estimate of drug-likeness (QED) is 0.188. The van der Waals surface area contributed by atoms with E-state index in [1.807, 2.05) is 12.3 Å². The highest BCUT2D eigenvalue weighted by molar-refractivity contribution is 6.36. The fourth-order valence-corrected chi connectivity index (χ4v) is 8.79. The molecule has 0 aliphatic heterocycles. The summed E-state index contributed by atoms with van der Waals surface area (Å²) in [5, 5.41) is 12.6. The lowest BCUT2D eigenvalue weighted by molar-refractivity contribution is 1.13. The first-order chi connectivity index (χ1) is 24.3. The molecule has 0 spiro atoms. The van der Waals surface area contributed by atoms with E-state index in [0.29, 0.717) is 0 Å². The Balaban J connectivity index is 1.31. The van der Waals surface area contributed by atoms with E-state index in [-0.39, 0.29) is 0 Å². The van der Waals surface area contributed by atoms with Gasteiger partial charge in [-0.3, -0.25) is 4.57 Å². The third kappa shape index (κ3) is 3.16. The number of pyridine rings is 1. The molecule has 0 fully saturated rings. The van der Waals surface area contributed by atoms with Gasteiger partial charge in [0.1, 0.15) is 5.65 Å². The molecule has 4 nitrogen and oxygen atoms in total. The molecule has 0 bridgehead atoms. The van der Waals surface area contributed by atoms with Gasteiger partial charge in [0.15, 0.2) is 0 Å². The molecule has 7 aromatic carbocycles. The van der Waals surface area contributed by atoms with Crippen molar-refractivity contribution < 1.29 is 0 Å². The number of para-hydroxylation sites is 3. The summed E-state index contributed by atoms with van der Waals surface area (Å²) in [6.07, 6.45) is 1.89. The van der Waals surface area contributed by atoms with Crippen LogP contribution in [0, 0.1) is 0 Å². The van der Waals surface area contributed by atoms with Gasteiger partial charge in [-0.25, -0.2) is 4.98 Å². The average Bonchev–Trinajstić information content (AvgIpc) is 3.87. The van der Waals surface area contributed by atoms with Crippen molar-refractivity contribution >= 4 is 92.6 Å². The van der Waals surface area contributed by atoms with E-state index in [0.717, 1.165) is 27.9 Å². The van der Waals surface area contributed by atoms with Crippen LogP contribution in [0.2, 0.25) is 0 Å². The first kappa shape index (κ1) is 25.4. The summed E-state index contributed by atoms with van der Waals surface area (Å²) in [7, 11) is 0. The number of fused-ring (bicyclic) bond motifs is 14. The molecule has 12 rings (SSSR count). The van der Waals surface area contributed by atoms with Crippen molar-refractivity contribution in [2.45, 2.75) is 0 Å². The van der Waals surface area contributed by atoms with Crippen LogP contribution >= 0.6 is 0 Å². The van der Waals surface area contributed by atoms with Crippen LogP contribution in [0.4, 0.5) is 0 Å². The first-order valence-corrected chi connectivity index (χ1v) is 16.8. The Morgan fingerprint density at radius 2 is 1.04 bits per heavy atom. The van der Waals surface area contributed by atoms with E-state index in [1.54, 1.807) is 0 Å². The largest absolute Gasteiger partial charge is 0.309 e. The lowest BCUT2D eigenvalue weighted by Crippen LogP contribution is -1.97. The van der Waals surface area contributed by atoms with Gasteiger partial charge in [-0.05, 0) is 77.5 Å². The van der Waals surface area contributed by atoms with Gasteiger partial charge < -0.3 is 8.97 Å². The molecule has 5 aromatic heterocycles. The lowest BCUT2D eigenvalue weighted by atomic mass is 10.0. The standard InChI is InChI=1S/C45H26N4/c1-2-13-29(14-3-1)48-40-25-30(20-21-32(40)33-17-10-22-46-45(33)48)47-39-24-28-12-5-4-11-27(28)23-36(39)42-41(47)26-35-31-15-6-8-18-37(31)49-38-19-9-7-16-34(38)43(42)44(35)49/h1-26H. The molecule has 0 saturated heterocycles. The van der Waals surface area contributed by atoms with Gasteiger partial charge in [-0.15, -0.1) is 0 Å². The second-order valence-corrected chi connectivity index (χ2v) is 13.2. The Bertz CT molecular complexity index is 3320. The van der Waals surface area contributed by atoms with Gasteiger partial charge in [0.25, 0.3) is 0 Å². The second kappa shape index (κ2) is 9.03. The van der Waals surface area contributed by atoms with E-state index in [9.17, 15) is 0 Å². The highest BCUT2D eigenvalue weighted by Gasteiger charge is 2.25. The summed E-state index contributed by atoms with van der Waals surface area (Å²) in [5.41, 5.74) is 10.6. The summed E-state index contributed by atoms with van der Waals surface area (Å²) in [4.78, 5) is 4.88. The predicted molar refractivity (Wildman–Crippen MR) is 205 cm³/mol. The average molecular weight is 623 g/mol. The smallest absolute Gasteiger partial charge is 0.145 e. The van der Waals surface area contributed by atoms with E-state index in [4.69, 9.17) is 4.98 Å². The van der Waals surface area contributed by atoms with Crippen LogP contribution < -0.4 is 0 Å². The van der Waals surface area contributed by atoms with Crippen molar-refractivity contribution in [3.05, 3.63) is 158 Å². The van der Waals surface area contributed by atoms with Crippen molar-refractivity contribution in [1.29, 1.82) is 0 Å². The zero-order chi connectivity index (χ0) is 31.8. The molecule has 0 radical (unpaired) electrons. The summed E-state index contributed by atoms with van der Waals surface area (Å²) in [5.74, 6) is 0. The fourth-order valence-electron chi connectivity index (χ4n) is 8.79. The minimum Gasteiger partial charge on any atom is -0.309 e. The van der Waals surface area contributed by atoms with E-state index in [1.165, 1.54) is 76.1 Å². The van der Waals surface area contributed by atoms with Crippen LogP contribution in [0.5, 0.6) is 0 Å². The maximum Gasteiger partial charge on any atom is 0.145 e. The van der Waals surface area contributed by atoms with Gasteiger partial charge in [-0.1, -0.05) is 84.9 Å². The number of rotatable bonds is 2. The molecule has 226 valence electrons. The molecule has 0 unspecified atom stereocenters. The summed E-state index contributed by atoms with van der Waals surface area (Å²) < 4.78 is 7.29. The van der Waals surface area contributed by atoms with Crippen LogP contribution in [0.15, 0.2) is 158 Å². The molecule has 4 heteroatoms. The maximum atomic E-state index is 4.88. The molecule has 0 aliphatic rings. The van der Waals surface area contributed by atoms with Crippen LogP contribution in [0.1, 0.15) is 0 Å². The van der Waals surface area contributed by atoms with E-state index in [2.05, 4.69) is 159 Å². The van der Waals surface area contributed by atoms with Crippen molar-refractivity contribution in [3.63, 3.8) is 0 Å². The molecular formula is C45H26N4. The predicted octanol–water partition coefficient (Wildman–Crippen LogP) is 11.6. The normalized spacial score (nSPS) is 12.5. The minimum absolute atomic E-state index is 0.966. The van der Waals surface area contributed by atoms with Crippen molar-refractivity contribution in [2.24, 2.45) is 0 Å². The molecule has 0 amide bonds. The van der Waals surface area contributed by atoms with Crippen molar-refractivity contribution in [1.82, 2.24) is 18.5 Å². The zero-order valence-electron chi connectivity index (χ0n) is 26.3. The molecule has 0 N–H and O–H groups in total. The van der Waals surface area contributed by atoms with Gasteiger partial charge in [-0.2, -0.15) is 0 Å². The lowest BCUT2D eigenvalue weighted by Gasteiger charge is -2.11. The Kier molecular flexibility index (Phi) is 4.69. The van der Waals surface area contributed by atoms with E-state index < -0.39 is 0 Å². The van der Waals surface area contributed by atoms with Crippen molar-refractivity contribution in [3.8, 4) is 11.4 Å². The Labute approximate surface area is 279 Å². The van der Waals surface area contributed by atoms with Gasteiger partial charge >= 0.3 is 0 Å². The third-order valence-electron chi connectivity index (χ3n) is 10.8. The number of hydrogen-bond donors (Lipinski definition) is 0. The minimum atomic E-state index is 0.966. The van der Waals surface area contributed by atoms with E-state index >= 15 is 0 Å². The maximum absolute atomic E-state index is 4.88. The Hall–Kier alpha value is -6.65. The van der Waals surface area contributed by atoms with Crippen LogP contribution in [-0.2, 0) is 0 Å². The summed E-state index contributed by atoms with van der Waals surface area (Å²) in [6.45, 7) is 0. The van der Waals surface area contributed by atoms with Gasteiger partial charge in [0.2, 0.25) is 0 Å². The molecule has 0 aliphatic carbocycles. The molecule has 49 heavy (non-hydrogen) atoms. The third-order valence-corrected chi connectivity index (χ3v) is 10.8. The Morgan fingerprint density at radius 3 is 1.90 bits per heavy atom. The van der Waals surface area contributed by atoms with Crippen LogP contribution in [-0.4, -0.2) is 18.5 Å².